The maximum absolute atomic E-state index is 12.6. The maximum atomic E-state index is 12.6. The SMILES string of the molecule is Cl.NC(C(=O)N1CCC(n2cc(Br)cn2)CC1)C1CCOCC1. The molecule has 0 saturated carbocycles. The van der Waals surface area contributed by atoms with E-state index in [1.165, 1.54) is 0 Å². The molecule has 3 rings (SSSR count). The van der Waals surface area contributed by atoms with Crippen molar-refractivity contribution in [1.29, 1.82) is 0 Å². The van der Waals surface area contributed by atoms with Crippen LogP contribution < -0.4 is 5.73 Å². The second-order valence-corrected chi connectivity index (χ2v) is 7.09. The fourth-order valence-electron chi connectivity index (χ4n) is 3.35. The molecule has 6 nitrogen and oxygen atoms in total. The van der Waals surface area contributed by atoms with Crippen LogP contribution >= 0.6 is 28.3 Å². The van der Waals surface area contributed by atoms with E-state index in [0.29, 0.717) is 6.04 Å². The first-order chi connectivity index (χ1) is 10.6. The third-order valence-corrected chi connectivity index (χ3v) is 5.19. The molecule has 0 aliphatic carbocycles. The van der Waals surface area contributed by atoms with Crippen LogP contribution in [0.15, 0.2) is 16.9 Å². The number of likely N-dealkylation sites (tertiary alicyclic amines) is 1. The number of rotatable bonds is 3. The highest BCUT2D eigenvalue weighted by molar-refractivity contribution is 9.10. The standard InChI is InChI=1S/C15H23BrN4O2.ClH/c16-12-9-18-20(10-12)13-1-5-19(6-2-13)15(21)14(17)11-3-7-22-8-4-11;/h9-11,13-14H,1-8,17H2;1H. The van der Waals surface area contributed by atoms with E-state index < -0.39 is 0 Å². The number of hydrogen-bond donors (Lipinski definition) is 1. The van der Waals surface area contributed by atoms with E-state index in [9.17, 15) is 4.79 Å². The second kappa shape index (κ2) is 8.46. The van der Waals surface area contributed by atoms with Gasteiger partial charge in [0.15, 0.2) is 0 Å². The monoisotopic (exact) mass is 406 g/mol. The van der Waals surface area contributed by atoms with Gasteiger partial charge in [-0.1, -0.05) is 0 Å². The number of carbonyl (C=O) groups excluding carboxylic acids is 1. The molecular weight excluding hydrogens is 384 g/mol. The number of aromatic nitrogens is 2. The minimum absolute atomic E-state index is 0. The van der Waals surface area contributed by atoms with E-state index in [4.69, 9.17) is 10.5 Å². The predicted octanol–water partition coefficient (Wildman–Crippen LogP) is 1.98. The number of hydrogen-bond acceptors (Lipinski definition) is 4. The molecule has 1 atom stereocenters. The molecule has 130 valence electrons. The van der Waals surface area contributed by atoms with E-state index >= 15 is 0 Å². The molecule has 0 radical (unpaired) electrons. The van der Waals surface area contributed by atoms with Crippen LogP contribution in [0.3, 0.4) is 0 Å². The van der Waals surface area contributed by atoms with E-state index in [2.05, 4.69) is 21.0 Å². The zero-order valence-electron chi connectivity index (χ0n) is 13.1. The van der Waals surface area contributed by atoms with E-state index in [0.717, 1.165) is 56.5 Å². The van der Waals surface area contributed by atoms with Crippen LogP contribution in [-0.4, -0.2) is 52.9 Å². The molecule has 2 fully saturated rings. The first kappa shape index (κ1) is 18.7. The van der Waals surface area contributed by atoms with Gasteiger partial charge in [0.1, 0.15) is 0 Å². The fourth-order valence-corrected chi connectivity index (χ4v) is 3.65. The van der Waals surface area contributed by atoms with Gasteiger partial charge in [0.25, 0.3) is 0 Å². The summed E-state index contributed by atoms with van der Waals surface area (Å²) >= 11 is 3.42. The lowest BCUT2D eigenvalue weighted by atomic mass is 9.91. The Kier molecular flexibility index (Phi) is 6.88. The van der Waals surface area contributed by atoms with Gasteiger partial charge in [-0.05, 0) is 47.5 Å². The van der Waals surface area contributed by atoms with Gasteiger partial charge in [-0.2, -0.15) is 5.10 Å². The Morgan fingerprint density at radius 3 is 2.52 bits per heavy atom. The first-order valence-electron chi connectivity index (χ1n) is 7.97. The number of nitrogens with zero attached hydrogens (tertiary/aromatic N) is 3. The fraction of sp³-hybridized carbons (Fsp3) is 0.733. The predicted molar refractivity (Wildman–Crippen MR) is 93.5 cm³/mol. The molecule has 0 spiro atoms. The van der Waals surface area contributed by atoms with Gasteiger partial charge >= 0.3 is 0 Å². The van der Waals surface area contributed by atoms with Crippen molar-refractivity contribution in [3.05, 3.63) is 16.9 Å². The van der Waals surface area contributed by atoms with Crippen molar-refractivity contribution in [2.45, 2.75) is 37.8 Å². The Balaban J connectivity index is 0.00000192. The second-order valence-electron chi connectivity index (χ2n) is 6.17. The maximum Gasteiger partial charge on any atom is 0.239 e. The third-order valence-electron chi connectivity index (χ3n) is 4.78. The zero-order valence-corrected chi connectivity index (χ0v) is 15.5. The van der Waals surface area contributed by atoms with Crippen LogP contribution in [0.4, 0.5) is 0 Å². The molecule has 2 saturated heterocycles. The molecule has 23 heavy (non-hydrogen) atoms. The Morgan fingerprint density at radius 2 is 1.96 bits per heavy atom. The van der Waals surface area contributed by atoms with Crippen molar-refractivity contribution in [1.82, 2.24) is 14.7 Å². The largest absolute Gasteiger partial charge is 0.381 e. The molecule has 8 heteroatoms. The summed E-state index contributed by atoms with van der Waals surface area (Å²) in [4.78, 5) is 14.5. The van der Waals surface area contributed by atoms with Crippen molar-refractivity contribution in [2.24, 2.45) is 11.7 Å². The summed E-state index contributed by atoms with van der Waals surface area (Å²) < 4.78 is 8.33. The zero-order chi connectivity index (χ0) is 15.5. The van der Waals surface area contributed by atoms with Gasteiger partial charge in [-0.15, -0.1) is 12.4 Å². The van der Waals surface area contributed by atoms with Crippen molar-refractivity contribution in [3.8, 4) is 0 Å². The first-order valence-corrected chi connectivity index (χ1v) is 8.76. The lowest BCUT2D eigenvalue weighted by Crippen LogP contribution is -2.51. The summed E-state index contributed by atoms with van der Waals surface area (Å²) in [5.74, 6) is 0.369. The molecule has 3 heterocycles. The Morgan fingerprint density at radius 1 is 1.30 bits per heavy atom. The van der Waals surface area contributed by atoms with E-state index in [1.807, 2.05) is 15.8 Å². The lowest BCUT2D eigenvalue weighted by molar-refractivity contribution is -0.136. The number of piperidine rings is 1. The lowest BCUT2D eigenvalue weighted by Gasteiger charge is -2.36. The van der Waals surface area contributed by atoms with Crippen molar-refractivity contribution in [3.63, 3.8) is 0 Å². The molecule has 1 aromatic rings. The summed E-state index contributed by atoms with van der Waals surface area (Å²) in [7, 11) is 0. The van der Waals surface area contributed by atoms with Gasteiger partial charge < -0.3 is 15.4 Å². The summed E-state index contributed by atoms with van der Waals surface area (Å²) in [5, 5.41) is 4.35. The summed E-state index contributed by atoms with van der Waals surface area (Å²) in [5.41, 5.74) is 6.20. The number of halogens is 2. The van der Waals surface area contributed by atoms with Gasteiger partial charge in [0.05, 0.1) is 22.8 Å². The average Bonchev–Trinajstić information content (AvgIpc) is 3.01. The highest BCUT2D eigenvalue weighted by Crippen LogP contribution is 2.25. The molecule has 1 amide bonds. The highest BCUT2D eigenvalue weighted by Gasteiger charge is 2.32. The van der Waals surface area contributed by atoms with Gasteiger partial charge in [-0.25, -0.2) is 0 Å². The summed E-state index contributed by atoms with van der Waals surface area (Å²) in [6, 6.07) is -0.00560. The van der Waals surface area contributed by atoms with Crippen LogP contribution in [-0.2, 0) is 9.53 Å². The molecule has 2 N–H and O–H groups in total. The molecular formula is C15H24BrClN4O2. The number of nitrogens with two attached hydrogens (primary N) is 1. The molecule has 1 aromatic heterocycles. The molecule has 2 aliphatic heterocycles. The van der Waals surface area contributed by atoms with Crippen molar-refractivity contribution < 1.29 is 9.53 Å². The van der Waals surface area contributed by atoms with E-state index in [-0.39, 0.29) is 30.3 Å². The van der Waals surface area contributed by atoms with Crippen LogP contribution in [0, 0.1) is 5.92 Å². The van der Waals surface area contributed by atoms with Crippen LogP contribution in [0.5, 0.6) is 0 Å². The summed E-state index contributed by atoms with van der Waals surface area (Å²) in [6.45, 7) is 2.97. The summed E-state index contributed by atoms with van der Waals surface area (Å²) in [6.07, 6.45) is 7.45. The Labute approximate surface area is 151 Å². The van der Waals surface area contributed by atoms with Crippen LogP contribution in [0.2, 0.25) is 0 Å². The average molecular weight is 408 g/mol. The number of ether oxygens (including phenoxy) is 1. The quantitative estimate of drug-likeness (QED) is 0.831. The van der Waals surface area contributed by atoms with Crippen molar-refractivity contribution in [2.75, 3.05) is 26.3 Å². The Hall–Kier alpha value is -0.630. The van der Waals surface area contributed by atoms with Crippen molar-refractivity contribution >= 4 is 34.2 Å². The minimum Gasteiger partial charge on any atom is -0.381 e. The normalized spacial score (nSPS) is 21.7. The highest BCUT2D eigenvalue weighted by atomic mass is 79.9. The topological polar surface area (TPSA) is 73.4 Å². The van der Waals surface area contributed by atoms with Gasteiger partial charge in [0, 0.05) is 32.5 Å². The number of carbonyl (C=O) groups is 1. The number of amides is 1. The molecule has 0 aromatic carbocycles. The smallest absolute Gasteiger partial charge is 0.239 e. The van der Waals surface area contributed by atoms with Crippen LogP contribution in [0.25, 0.3) is 0 Å². The van der Waals surface area contributed by atoms with Gasteiger partial charge in [0.2, 0.25) is 5.91 Å². The van der Waals surface area contributed by atoms with E-state index in [1.54, 1.807) is 6.20 Å². The Bertz CT molecular complexity index is 513. The molecule has 1 unspecified atom stereocenters. The third kappa shape index (κ3) is 4.47. The van der Waals surface area contributed by atoms with Crippen LogP contribution in [0.1, 0.15) is 31.7 Å². The molecule has 0 bridgehead atoms. The minimum atomic E-state index is -0.376. The molecule has 2 aliphatic rings. The van der Waals surface area contributed by atoms with Gasteiger partial charge in [-0.3, -0.25) is 9.48 Å².